The molecule has 1 saturated carbocycles. The van der Waals surface area contributed by atoms with Crippen LogP contribution in [0.1, 0.15) is 59.0 Å². The summed E-state index contributed by atoms with van der Waals surface area (Å²) in [5.41, 5.74) is 2.14. The molecular formula is C18H21N3O2. The number of nitrogens with one attached hydrogen (secondary N) is 1. The van der Waals surface area contributed by atoms with Crippen molar-refractivity contribution >= 4 is 5.91 Å². The standard InChI is InChI=1S/C18H21N3O2/c22-12-15-8-4-3-7-14(15)11-20-18(23)16-9-10-19-17(21-16)13-5-1-2-6-13/h3-4,7-10,13,22H,1-2,5-6,11-12H2,(H,20,23). The molecule has 120 valence electrons. The second-order valence-electron chi connectivity index (χ2n) is 5.89. The Morgan fingerprint density at radius 3 is 2.65 bits per heavy atom. The lowest BCUT2D eigenvalue weighted by Gasteiger charge is -2.10. The van der Waals surface area contributed by atoms with Crippen LogP contribution >= 0.6 is 0 Å². The highest BCUT2D eigenvalue weighted by molar-refractivity contribution is 5.92. The van der Waals surface area contributed by atoms with Crippen molar-refractivity contribution in [2.75, 3.05) is 0 Å². The zero-order valence-corrected chi connectivity index (χ0v) is 13.0. The van der Waals surface area contributed by atoms with E-state index < -0.39 is 0 Å². The number of aliphatic hydroxyl groups excluding tert-OH is 1. The molecule has 1 amide bonds. The first kappa shape index (κ1) is 15.6. The van der Waals surface area contributed by atoms with Gasteiger partial charge in [-0.1, -0.05) is 37.1 Å². The minimum absolute atomic E-state index is 0.0363. The maximum absolute atomic E-state index is 12.3. The Morgan fingerprint density at radius 2 is 1.91 bits per heavy atom. The second-order valence-corrected chi connectivity index (χ2v) is 5.89. The molecule has 0 radical (unpaired) electrons. The highest BCUT2D eigenvalue weighted by atomic mass is 16.3. The maximum Gasteiger partial charge on any atom is 0.270 e. The SMILES string of the molecule is O=C(NCc1ccccc1CO)c1ccnc(C2CCCC2)n1. The van der Waals surface area contributed by atoms with Gasteiger partial charge in [0.2, 0.25) is 0 Å². The molecule has 2 N–H and O–H groups in total. The van der Waals surface area contributed by atoms with E-state index in [9.17, 15) is 9.90 Å². The van der Waals surface area contributed by atoms with Gasteiger partial charge in [0.1, 0.15) is 11.5 Å². The summed E-state index contributed by atoms with van der Waals surface area (Å²) in [6.07, 6.45) is 6.30. The molecule has 5 nitrogen and oxygen atoms in total. The van der Waals surface area contributed by atoms with E-state index in [4.69, 9.17) is 0 Å². The molecule has 0 aliphatic heterocycles. The minimum Gasteiger partial charge on any atom is -0.392 e. The third kappa shape index (κ3) is 3.74. The molecule has 0 spiro atoms. The van der Waals surface area contributed by atoms with Crippen molar-refractivity contribution in [1.82, 2.24) is 15.3 Å². The zero-order valence-electron chi connectivity index (χ0n) is 13.0. The predicted octanol–water partition coefficient (Wildman–Crippen LogP) is 2.56. The van der Waals surface area contributed by atoms with Gasteiger partial charge in [0.15, 0.2) is 0 Å². The maximum atomic E-state index is 12.3. The molecule has 1 heterocycles. The molecule has 1 aromatic carbocycles. The quantitative estimate of drug-likeness (QED) is 0.890. The van der Waals surface area contributed by atoms with E-state index in [1.54, 1.807) is 12.3 Å². The normalized spacial score (nSPS) is 14.8. The Labute approximate surface area is 135 Å². The Kier molecular flexibility index (Phi) is 4.98. The first-order valence-electron chi connectivity index (χ1n) is 8.06. The molecular weight excluding hydrogens is 290 g/mol. The lowest BCUT2D eigenvalue weighted by Crippen LogP contribution is -2.25. The van der Waals surface area contributed by atoms with Crippen molar-refractivity contribution in [1.29, 1.82) is 0 Å². The first-order valence-corrected chi connectivity index (χ1v) is 8.06. The van der Waals surface area contributed by atoms with E-state index in [0.29, 0.717) is 18.2 Å². The number of rotatable bonds is 5. The number of aromatic nitrogens is 2. The zero-order chi connectivity index (χ0) is 16.1. The van der Waals surface area contributed by atoms with Crippen molar-refractivity contribution in [3.63, 3.8) is 0 Å². The molecule has 23 heavy (non-hydrogen) atoms. The summed E-state index contributed by atoms with van der Waals surface area (Å²) in [7, 11) is 0. The van der Waals surface area contributed by atoms with Gasteiger partial charge in [0.25, 0.3) is 5.91 Å². The van der Waals surface area contributed by atoms with Gasteiger partial charge >= 0.3 is 0 Å². The van der Waals surface area contributed by atoms with Gasteiger partial charge in [0.05, 0.1) is 6.61 Å². The van der Waals surface area contributed by atoms with Crippen molar-refractivity contribution in [3.05, 3.63) is 59.2 Å². The fraction of sp³-hybridized carbons (Fsp3) is 0.389. The Hall–Kier alpha value is -2.27. The van der Waals surface area contributed by atoms with Gasteiger partial charge in [-0.15, -0.1) is 0 Å². The monoisotopic (exact) mass is 311 g/mol. The van der Waals surface area contributed by atoms with Crippen LogP contribution in [0.5, 0.6) is 0 Å². The first-order chi connectivity index (χ1) is 11.3. The molecule has 1 fully saturated rings. The second kappa shape index (κ2) is 7.33. The van der Waals surface area contributed by atoms with Gasteiger partial charge < -0.3 is 10.4 Å². The predicted molar refractivity (Wildman–Crippen MR) is 86.8 cm³/mol. The largest absolute Gasteiger partial charge is 0.392 e. The number of aliphatic hydroxyl groups is 1. The van der Waals surface area contributed by atoms with Gasteiger partial charge in [-0.05, 0) is 30.0 Å². The van der Waals surface area contributed by atoms with Crippen molar-refractivity contribution in [2.45, 2.75) is 44.8 Å². The summed E-state index contributed by atoms with van der Waals surface area (Å²) in [5.74, 6) is 0.961. The minimum atomic E-state index is -0.209. The van der Waals surface area contributed by atoms with Crippen molar-refractivity contribution in [3.8, 4) is 0 Å². The Bertz CT molecular complexity index is 681. The topological polar surface area (TPSA) is 75.1 Å². The lowest BCUT2D eigenvalue weighted by atomic mass is 10.1. The van der Waals surface area contributed by atoms with Crippen LogP contribution in [0.15, 0.2) is 36.5 Å². The van der Waals surface area contributed by atoms with Crippen LogP contribution in [0, 0.1) is 0 Å². The number of hydrogen-bond donors (Lipinski definition) is 2. The molecule has 0 atom stereocenters. The van der Waals surface area contributed by atoms with Gasteiger partial charge in [0, 0.05) is 18.7 Å². The summed E-state index contributed by atoms with van der Waals surface area (Å²) >= 11 is 0. The van der Waals surface area contributed by atoms with Crippen LogP contribution in [0.2, 0.25) is 0 Å². The Morgan fingerprint density at radius 1 is 1.17 bits per heavy atom. The highest BCUT2D eigenvalue weighted by Gasteiger charge is 2.20. The van der Waals surface area contributed by atoms with Crippen molar-refractivity contribution in [2.24, 2.45) is 0 Å². The van der Waals surface area contributed by atoms with Crippen LogP contribution in [0.3, 0.4) is 0 Å². The highest BCUT2D eigenvalue weighted by Crippen LogP contribution is 2.31. The third-order valence-electron chi connectivity index (χ3n) is 4.36. The number of benzene rings is 1. The van der Waals surface area contributed by atoms with E-state index in [1.807, 2.05) is 24.3 Å². The van der Waals surface area contributed by atoms with Crippen LogP contribution in [-0.4, -0.2) is 21.0 Å². The number of carbonyl (C=O) groups excluding carboxylic acids is 1. The molecule has 2 aromatic rings. The number of amides is 1. The fourth-order valence-electron chi connectivity index (χ4n) is 3.03. The van der Waals surface area contributed by atoms with E-state index >= 15 is 0 Å². The summed E-state index contributed by atoms with van der Waals surface area (Å²) in [5, 5.41) is 12.2. The van der Waals surface area contributed by atoms with Gasteiger partial charge in [-0.25, -0.2) is 9.97 Å². The number of carbonyl (C=O) groups is 1. The average Bonchev–Trinajstić information content (AvgIpc) is 3.14. The third-order valence-corrected chi connectivity index (χ3v) is 4.36. The van der Waals surface area contributed by atoms with Crippen LogP contribution in [0.25, 0.3) is 0 Å². The van der Waals surface area contributed by atoms with Crippen LogP contribution in [-0.2, 0) is 13.2 Å². The molecule has 1 aliphatic carbocycles. The lowest BCUT2D eigenvalue weighted by molar-refractivity contribution is 0.0945. The molecule has 0 saturated heterocycles. The smallest absolute Gasteiger partial charge is 0.270 e. The van der Waals surface area contributed by atoms with Crippen LogP contribution < -0.4 is 5.32 Å². The molecule has 5 heteroatoms. The summed E-state index contributed by atoms with van der Waals surface area (Å²) < 4.78 is 0. The average molecular weight is 311 g/mol. The van der Waals surface area contributed by atoms with Gasteiger partial charge in [-0.2, -0.15) is 0 Å². The molecule has 3 rings (SSSR count). The Balaban J connectivity index is 1.67. The van der Waals surface area contributed by atoms with Crippen LogP contribution in [0.4, 0.5) is 0 Å². The van der Waals surface area contributed by atoms with E-state index in [2.05, 4.69) is 15.3 Å². The van der Waals surface area contributed by atoms with E-state index in [-0.39, 0.29) is 12.5 Å². The summed E-state index contributed by atoms with van der Waals surface area (Å²) in [6.45, 7) is 0.337. The molecule has 1 aromatic heterocycles. The summed E-state index contributed by atoms with van der Waals surface area (Å²) in [6, 6.07) is 9.16. The molecule has 0 bridgehead atoms. The molecule has 0 unspecified atom stereocenters. The fourth-order valence-corrected chi connectivity index (χ4v) is 3.03. The number of hydrogen-bond acceptors (Lipinski definition) is 4. The van der Waals surface area contributed by atoms with E-state index in [1.165, 1.54) is 12.8 Å². The van der Waals surface area contributed by atoms with Crippen molar-refractivity contribution < 1.29 is 9.90 Å². The molecule has 1 aliphatic rings. The van der Waals surface area contributed by atoms with E-state index in [0.717, 1.165) is 29.8 Å². The number of nitrogens with zero attached hydrogens (tertiary/aromatic N) is 2. The van der Waals surface area contributed by atoms with Gasteiger partial charge in [-0.3, -0.25) is 4.79 Å². The summed E-state index contributed by atoms with van der Waals surface area (Å²) in [4.78, 5) is 21.1.